The van der Waals surface area contributed by atoms with Crippen LogP contribution in [0, 0.1) is 0 Å². The molecule has 0 aliphatic rings. The van der Waals surface area contributed by atoms with Crippen LogP contribution in [0.25, 0.3) is 11.4 Å². The highest BCUT2D eigenvalue weighted by Crippen LogP contribution is 2.28. The molecule has 0 bridgehead atoms. The molecule has 1 aromatic carbocycles. The molecule has 2 atom stereocenters. The Hall–Kier alpha value is -1.28. The molecule has 8 heteroatoms. The molecule has 0 radical (unpaired) electrons. The molecule has 0 aliphatic heterocycles. The molecular formula is C12H16BrN5OS. The van der Waals surface area contributed by atoms with E-state index >= 15 is 0 Å². The van der Waals surface area contributed by atoms with E-state index in [-0.39, 0.29) is 5.25 Å². The fourth-order valence-corrected chi connectivity index (χ4v) is 2.59. The summed E-state index contributed by atoms with van der Waals surface area (Å²) >= 11 is 3.48. The molecule has 0 aliphatic carbocycles. The van der Waals surface area contributed by atoms with E-state index in [9.17, 15) is 4.21 Å². The second-order valence-electron chi connectivity index (χ2n) is 4.56. The number of aromatic nitrogens is 4. The number of halogens is 1. The van der Waals surface area contributed by atoms with Gasteiger partial charge in [-0.1, -0.05) is 22.9 Å². The summed E-state index contributed by atoms with van der Waals surface area (Å²) < 4.78 is 14.0. The minimum absolute atomic E-state index is 0.108. The van der Waals surface area contributed by atoms with Gasteiger partial charge in [0.15, 0.2) is 5.82 Å². The summed E-state index contributed by atoms with van der Waals surface area (Å²) in [5.41, 5.74) is 7.31. The van der Waals surface area contributed by atoms with E-state index in [1.165, 1.54) is 0 Å². The first kappa shape index (κ1) is 15.1. The zero-order valence-corrected chi connectivity index (χ0v) is 13.7. The van der Waals surface area contributed by atoms with Crippen molar-refractivity contribution < 1.29 is 4.21 Å². The van der Waals surface area contributed by atoms with E-state index in [1.54, 1.807) is 10.9 Å². The van der Waals surface area contributed by atoms with Crippen molar-refractivity contribution >= 4 is 32.4 Å². The number of hydrogen-bond donors (Lipinski definition) is 1. The second-order valence-corrected chi connectivity index (χ2v) is 7.22. The molecule has 20 heavy (non-hydrogen) atoms. The number of anilines is 1. The number of aryl methyl sites for hydroxylation is 1. The predicted molar refractivity (Wildman–Crippen MR) is 83.5 cm³/mol. The van der Waals surface area contributed by atoms with Crippen LogP contribution in [0.3, 0.4) is 0 Å². The highest BCUT2D eigenvalue weighted by Gasteiger charge is 2.14. The second kappa shape index (κ2) is 6.45. The summed E-state index contributed by atoms with van der Waals surface area (Å²) in [6, 6.07) is 5.51. The van der Waals surface area contributed by atoms with Crippen molar-refractivity contribution in [1.29, 1.82) is 0 Å². The first-order valence-electron chi connectivity index (χ1n) is 6.13. The van der Waals surface area contributed by atoms with Gasteiger partial charge in [0.2, 0.25) is 0 Å². The van der Waals surface area contributed by atoms with E-state index in [0.29, 0.717) is 18.1 Å². The van der Waals surface area contributed by atoms with Gasteiger partial charge in [-0.15, -0.1) is 5.10 Å². The maximum atomic E-state index is 11.4. The van der Waals surface area contributed by atoms with Crippen molar-refractivity contribution in [2.24, 2.45) is 0 Å². The third-order valence-corrected chi connectivity index (χ3v) is 5.14. The molecule has 0 saturated carbocycles. The average Bonchev–Trinajstić information content (AvgIpc) is 2.86. The minimum Gasteiger partial charge on any atom is -0.399 e. The zero-order chi connectivity index (χ0) is 14.7. The van der Waals surface area contributed by atoms with Crippen LogP contribution >= 0.6 is 15.9 Å². The topological polar surface area (TPSA) is 86.7 Å². The highest BCUT2D eigenvalue weighted by atomic mass is 79.9. The van der Waals surface area contributed by atoms with Crippen molar-refractivity contribution in [3.63, 3.8) is 0 Å². The molecule has 2 unspecified atom stereocenters. The summed E-state index contributed by atoms with van der Waals surface area (Å²) in [6.45, 7) is 2.57. The standard InChI is InChI=1S/C12H16BrN5OS/c1-8(20(2)19)5-6-18-12(15-16-17-18)10-7-9(14)3-4-11(10)13/h3-4,7-8H,5-6,14H2,1-2H3. The fraction of sp³-hybridized carbons (Fsp3) is 0.417. The summed E-state index contributed by atoms with van der Waals surface area (Å²) in [6.07, 6.45) is 2.46. The van der Waals surface area contributed by atoms with Crippen molar-refractivity contribution in [3.05, 3.63) is 22.7 Å². The maximum Gasteiger partial charge on any atom is 0.183 e. The van der Waals surface area contributed by atoms with Crippen LogP contribution in [0.2, 0.25) is 0 Å². The van der Waals surface area contributed by atoms with Crippen molar-refractivity contribution in [3.8, 4) is 11.4 Å². The monoisotopic (exact) mass is 357 g/mol. The van der Waals surface area contributed by atoms with Crippen molar-refractivity contribution in [2.75, 3.05) is 12.0 Å². The minimum atomic E-state index is -0.842. The summed E-state index contributed by atoms with van der Waals surface area (Å²) in [7, 11) is -0.842. The Morgan fingerprint density at radius 1 is 1.50 bits per heavy atom. The fourth-order valence-electron chi connectivity index (χ4n) is 1.73. The van der Waals surface area contributed by atoms with E-state index < -0.39 is 10.8 Å². The quantitative estimate of drug-likeness (QED) is 0.825. The Kier molecular flexibility index (Phi) is 4.87. The van der Waals surface area contributed by atoms with Gasteiger partial charge in [-0.25, -0.2) is 4.68 Å². The summed E-state index contributed by atoms with van der Waals surface area (Å²) in [4.78, 5) is 0. The van der Waals surface area contributed by atoms with Crippen LogP contribution in [-0.2, 0) is 17.3 Å². The number of tetrazole rings is 1. The largest absolute Gasteiger partial charge is 0.399 e. The van der Waals surface area contributed by atoms with Crippen LogP contribution in [0.4, 0.5) is 5.69 Å². The van der Waals surface area contributed by atoms with E-state index in [1.807, 2.05) is 25.1 Å². The summed E-state index contributed by atoms with van der Waals surface area (Å²) in [5.74, 6) is 0.651. The number of nitrogens with zero attached hydrogens (tertiary/aromatic N) is 4. The number of nitrogen functional groups attached to an aromatic ring is 1. The first-order valence-corrected chi connectivity index (χ1v) is 8.54. The number of benzene rings is 1. The van der Waals surface area contributed by atoms with Gasteiger partial charge >= 0.3 is 0 Å². The van der Waals surface area contributed by atoms with Gasteiger partial charge in [-0.05, 0) is 35.0 Å². The lowest BCUT2D eigenvalue weighted by Crippen LogP contribution is -2.14. The smallest absolute Gasteiger partial charge is 0.183 e. The van der Waals surface area contributed by atoms with Gasteiger partial charge in [0.25, 0.3) is 0 Å². The third-order valence-electron chi connectivity index (χ3n) is 3.08. The van der Waals surface area contributed by atoms with Crippen LogP contribution in [0.5, 0.6) is 0 Å². The molecular weight excluding hydrogens is 342 g/mol. The Labute approximate surface area is 128 Å². The molecule has 1 heterocycles. The molecule has 2 rings (SSSR count). The molecule has 0 saturated heterocycles. The van der Waals surface area contributed by atoms with Crippen LogP contribution in [0.15, 0.2) is 22.7 Å². The predicted octanol–water partition coefficient (Wildman–Crippen LogP) is 1.84. The molecule has 2 N–H and O–H groups in total. The maximum absolute atomic E-state index is 11.4. The Morgan fingerprint density at radius 2 is 2.25 bits per heavy atom. The lowest BCUT2D eigenvalue weighted by atomic mass is 10.2. The lowest BCUT2D eigenvalue weighted by molar-refractivity contribution is 0.556. The van der Waals surface area contributed by atoms with Gasteiger partial charge in [0.1, 0.15) is 0 Å². The van der Waals surface area contributed by atoms with Crippen molar-refractivity contribution in [1.82, 2.24) is 20.2 Å². The molecule has 0 fully saturated rings. The van der Waals surface area contributed by atoms with Gasteiger partial charge in [0, 0.05) is 44.6 Å². The zero-order valence-electron chi connectivity index (χ0n) is 11.3. The van der Waals surface area contributed by atoms with Gasteiger partial charge < -0.3 is 5.73 Å². The number of nitrogens with two attached hydrogens (primary N) is 1. The molecule has 0 amide bonds. The first-order chi connectivity index (χ1) is 9.49. The van der Waals surface area contributed by atoms with Gasteiger partial charge in [0.05, 0.1) is 0 Å². The molecule has 6 nitrogen and oxygen atoms in total. The molecule has 1 aromatic heterocycles. The average molecular weight is 358 g/mol. The highest BCUT2D eigenvalue weighted by molar-refractivity contribution is 9.10. The third kappa shape index (κ3) is 3.43. The van der Waals surface area contributed by atoms with Gasteiger partial charge in [-0.3, -0.25) is 4.21 Å². The Morgan fingerprint density at radius 3 is 2.95 bits per heavy atom. The Bertz CT molecular complexity index is 630. The van der Waals surface area contributed by atoms with Crippen LogP contribution in [-0.4, -0.2) is 35.9 Å². The number of hydrogen-bond acceptors (Lipinski definition) is 5. The van der Waals surface area contributed by atoms with Crippen molar-refractivity contribution in [2.45, 2.75) is 25.1 Å². The van der Waals surface area contributed by atoms with E-state index in [2.05, 4.69) is 31.5 Å². The van der Waals surface area contributed by atoms with E-state index in [4.69, 9.17) is 5.73 Å². The normalized spacial score (nSPS) is 14.2. The SMILES string of the molecule is CC(CCn1nnnc1-c1cc(N)ccc1Br)S(C)=O. The number of rotatable bonds is 5. The Balaban J connectivity index is 2.24. The van der Waals surface area contributed by atoms with Crippen LogP contribution in [0.1, 0.15) is 13.3 Å². The van der Waals surface area contributed by atoms with Gasteiger partial charge in [-0.2, -0.15) is 0 Å². The molecule has 0 spiro atoms. The summed E-state index contributed by atoms with van der Waals surface area (Å²) in [5, 5.41) is 11.9. The van der Waals surface area contributed by atoms with Crippen LogP contribution < -0.4 is 5.73 Å². The molecule has 108 valence electrons. The molecule has 2 aromatic rings. The lowest BCUT2D eigenvalue weighted by Gasteiger charge is -2.10. The van der Waals surface area contributed by atoms with E-state index in [0.717, 1.165) is 16.5 Å².